The van der Waals surface area contributed by atoms with E-state index in [4.69, 9.17) is 4.74 Å². The smallest absolute Gasteiger partial charge is 0.116 e. The first-order valence-corrected chi connectivity index (χ1v) is 11.2. The lowest BCUT2D eigenvalue weighted by Crippen LogP contribution is -2.60. The van der Waals surface area contributed by atoms with Gasteiger partial charge in [0, 0.05) is 0 Å². The Morgan fingerprint density at radius 3 is 2.00 bits per heavy atom. The molecule has 0 aliphatic heterocycles. The first-order chi connectivity index (χ1) is 11.4. The fraction of sp³-hybridized carbons (Fsp3) is 0.368. The van der Waals surface area contributed by atoms with Crippen LogP contribution in [0.25, 0.3) is 0 Å². The summed E-state index contributed by atoms with van der Waals surface area (Å²) in [7, 11) is -2.32. The third-order valence-corrected chi connectivity index (χ3v) is 8.02. The van der Waals surface area contributed by atoms with Gasteiger partial charge in [-0.2, -0.15) is 0 Å². The molecule has 130 valence electrons. The monoisotopic (exact) mass is 346 g/mol. The van der Waals surface area contributed by atoms with Crippen LogP contribution in [0.15, 0.2) is 60.7 Å². The third-order valence-electron chi connectivity index (χ3n) is 4.38. The van der Waals surface area contributed by atoms with Gasteiger partial charge in [-0.05, 0) is 5.56 Å². The van der Waals surface area contributed by atoms with E-state index < -0.39 is 26.0 Å². The van der Waals surface area contributed by atoms with Crippen molar-refractivity contribution < 1.29 is 20.1 Å². The maximum absolute atomic E-state index is 10.6. The van der Waals surface area contributed by atoms with Crippen LogP contribution < -0.4 is 5.19 Å². The second kappa shape index (κ2) is 8.55. The van der Waals surface area contributed by atoms with Gasteiger partial charge in [0.2, 0.25) is 0 Å². The lowest BCUT2D eigenvalue weighted by Gasteiger charge is -2.34. The van der Waals surface area contributed by atoms with Gasteiger partial charge in [0.1, 0.15) is 20.3 Å². The van der Waals surface area contributed by atoms with E-state index in [0.29, 0.717) is 6.61 Å². The molecule has 2 aromatic carbocycles. The average Bonchev–Trinajstić information content (AvgIpc) is 2.62. The van der Waals surface area contributed by atoms with Crippen LogP contribution in [-0.4, -0.2) is 47.9 Å². The molecular formula is C19H26O4Si. The van der Waals surface area contributed by atoms with E-state index in [1.165, 1.54) is 0 Å². The van der Waals surface area contributed by atoms with E-state index in [-0.39, 0.29) is 6.61 Å². The molecule has 0 saturated carbocycles. The topological polar surface area (TPSA) is 69.9 Å². The summed E-state index contributed by atoms with van der Waals surface area (Å²) in [6.07, 6.45) is -2.36. The van der Waals surface area contributed by atoms with Crippen LogP contribution >= 0.6 is 0 Å². The van der Waals surface area contributed by atoms with Crippen LogP contribution in [-0.2, 0) is 11.3 Å². The van der Waals surface area contributed by atoms with Crippen molar-refractivity contribution in [2.75, 3.05) is 6.61 Å². The molecule has 2 rings (SSSR count). The zero-order chi connectivity index (χ0) is 17.6. The highest BCUT2D eigenvalue weighted by Crippen LogP contribution is 2.15. The van der Waals surface area contributed by atoms with Gasteiger partial charge in [-0.15, -0.1) is 0 Å². The molecule has 0 saturated heterocycles. The minimum Gasteiger partial charge on any atom is -0.393 e. The molecule has 3 atom stereocenters. The third kappa shape index (κ3) is 4.75. The van der Waals surface area contributed by atoms with E-state index in [1.807, 2.05) is 73.8 Å². The molecule has 0 aromatic heterocycles. The van der Waals surface area contributed by atoms with Crippen LogP contribution in [0, 0.1) is 0 Å². The van der Waals surface area contributed by atoms with Gasteiger partial charge in [0.25, 0.3) is 0 Å². The van der Waals surface area contributed by atoms with Crippen LogP contribution in [0.1, 0.15) is 5.56 Å². The second-order valence-electron chi connectivity index (χ2n) is 6.59. The van der Waals surface area contributed by atoms with Crippen molar-refractivity contribution in [2.45, 2.75) is 37.6 Å². The fourth-order valence-corrected chi connectivity index (χ4v) is 5.12. The van der Waals surface area contributed by atoms with Crippen molar-refractivity contribution in [3.05, 3.63) is 66.2 Å². The quantitative estimate of drug-likeness (QED) is 0.633. The highest BCUT2D eigenvalue weighted by Gasteiger charge is 2.39. The molecule has 0 bridgehead atoms. The van der Waals surface area contributed by atoms with Gasteiger partial charge in [-0.1, -0.05) is 78.9 Å². The van der Waals surface area contributed by atoms with Gasteiger partial charge < -0.3 is 20.1 Å². The first-order valence-electron chi connectivity index (χ1n) is 8.14. The SMILES string of the molecule is C[Si](C)(c1ccccc1)[C@@H](O)[C@H](O)[C@H](O)COCc1ccccc1. The second-order valence-corrected chi connectivity index (χ2v) is 11.2. The zero-order valence-corrected chi connectivity index (χ0v) is 15.2. The number of rotatable bonds is 8. The van der Waals surface area contributed by atoms with E-state index in [1.54, 1.807) is 0 Å². The number of aliphatic hydroxyl groups is 3. The lowest BCUT2D eigenvalue weighted by molar-refractivity contribution is -0.0722. The number of hydrogen-bond acceptors (Lipinski definition) is 4. The fourth-order valence-electron chi connectivity index (χ4n) is 2.65. The van der Waals surface area contributed by atoms with Gasteiger partial charge in [0.15, 0.2) is 0 Å². The van der Waals surface area contributed by atoms with Crippen LogP contribution in [0.3, 0.4) is 0 Å². The maximum Gasteiger partial charge on any atom is 0.116 e. The lowest BCUT2D eigenvalue weighted by atomic mass is 10.2. The Kier molecular flexibility index (Phi) is 6.71. The molecule has 0 spiro atoms. The number of hydrogen-bond donors (Lipinski definition) is 3. The largest absolute Gasteiger partial charge is 0.393 e. The first kappa shape index (κ1) is 18.8. The molecule has 0 fully saturated rings. The predicted octanol–water partition coefficient (Wildman–Crippen LogP) is 1.44. The molecule has 5 heteroatoms. The molecule has 0 aliphatic carbocycles. The molecule has 4 nitrogen and oxygen atoms in total. The number of aliphatic hydroxyl groups excluding tert-OH is 3. The molecule has 0 unspecified atom stereocenters. The Morgan fingerprint density at radius 1 is 0.875 bits per heavy atom. The van der Waals surface area contributed by atoms with Crippen molar-refractivity contribution in [3.8, 4) is 0 Å². The Hall–Kier alpha value is -1.50. The molecule has 24 heavy (non-hydrogen) atoms. The van der Waals surface area contributed by atoms with Gasteiger partial charge >= 0.3 is 0 Å². The summed E-state index contributed by atoms with van der Waals surface area (Å²) in [4.78, 5) is 0. The summed E-state index contributed by atoms with van der Waals surface area (Å²) in [6.45, 7) is 4.30. The summed E-state index contributed by atoms with van der Waals surface area (Å²) in [5.41, 5.74) is 0.0222. The minimum absolute atomic E-state index is 0.0214. The molecule has 3 N–H and O–H groups in total. The van der Waals surface area contributed by atoms with Crippen LogP contribution in [0.4, 0.5) is 0 Å². The van der Waals surface area contributed by atoms with E-state index in [2.05, 4.69) is 0 Å². The van der Waals surface area contributed by atoms with Gasteiger partial charge in [-0.25, -0.2) is 0 Å². The normalized spacial score (nSPS) is 15.7. The number of benzene rings is 2. The van der Waals surface area contributed by atoms with Gasteiger partial charge in [0.05, 0.1) is 18.9 Å². The molecule has 2 aromatic rings. The Balaban J connectivity index is 1.90. The van der Waals surface area contributed by atoms with Crippen molar-refractivity contribution in [3.63, 3.8) is 0 Å². The van der Waals surface area contributed by atoms with Crippen molar-refractivity contribution in [1.82, 2.24) is 0 Å². The average molecular weight is 346 g/mol. The predicted molar refractivity (Wildman–Crippen MR) is 97.7 cm³/mol. The van der Waals surface area contributed by atoms with Crippen molar-refractivity contribution in [1.29, 1.82) is 0 Å². The number of ether oxygens (including phenoxy) is 1. The summed E-state index contributed by atoms with van der Waals surface area (Å²) >= 11 is 0. The molecule has 0 heterocycles. The Bertz CT molecular complexity index is 603. The van der Waals surface area contributed by atoms with Crippen LogP contribution in [0.5, 0.6) is 0 Å². The van der Waals surface area contributed by atoms with Crippen molar-refractivity contribution >= 4 is 13.3 Å². The maximum atomic E-state index is 10.6. The minimum atomic E-state index is -2.32. The Morgan fingerprint density at radius 2 is 1.42 bits per heavy atom. The summed E-state index contributed by atoms with van der Waals surface area (Å²) in [5.74, 6) is 0. The van der Waals surface area contributed by atoms with Gasteiger partial charge in [-0.3, -0.25) is 0 Å². The van der Waals surface area contributed by atoms with Crippen molar-refractivity contribution in [2.24, 2.45) is 0 Å². The molecule has 0 aliphatic rings. The van der Waals surface area contributed by atoms with E-state index >= 15 is 0 Å². The highest BCUT2D eigenvalue weighted by atomic mass is 28.3. The zero-order valence-electron chi connectivity index (χ0n) is 14.2. The summed E-state index contributed by atoms with van der Waals surface area (Å²) < 4.78 is 5.47. The highest BCUT2D eigenvalue weighted by molar-refractivity contribution is 6.90. The summed E-state index contributed by atoms with van der Waals surface area (Å²) in [5, 5.41) is 32.1. The molecular weight excluding hydrogens is 320 g/mol. The van der Waals surface area contributed by atoms with E-state index in [0.717, 1.165) is 10.8 Å². The Labute approximate surface area is 144 Å². The molecule has 0 radical (unpaired) electrons. The molecule has 0 amide bonds. The standard InChI is InChI=1S/C19H26O4Si/c1-24(2,16-11-7-4-8-12-16)19(22)18(21)17(20)14-23-13-15-9-5-3-6-10-15/h3-12,17-22H,13-14H2,1-2H3/t17-,18-,19-/m1/s1. The summed E-state index contributed by atoms with van der Waals surface area (Å²) in [6, 6.07) is 19.3. The van der Waals surface area contributed by atoms with E-state index in [9.17, 15) is 15.3 Å². The van der Waals surface area contributed by atoms with Crippen LogP contribution in [0.2, 0.25) is 13.1 Å².